The van der Waals surface area contributed by atoms with E-state index in [1.54, 1.807) is 0 Å². The number of pyridine rings is 1. The van der Waals surface area contributed by atoms with Crippen LogP contribution in [0.5, 0.6) is 0 Å². The summed E-state index contributed by atoms with van der Waals surface area (Å²) in [5.41, 5.74) is 2.08. The van der Waals surface area contributed by atoms with Crippen molar-refractivity contribution in [1.29, 1.82) is 0 Å². The molecule has 0 radical (unpaired) electrons. The third kappa shape index (κ3) is 1.38. The maximum Gasteiger partial charge on any atom is 0.128 e. The summed E-state index contributed by atoms with van der Waals surface area (Å²) in [5.74, 6) is 0.950. The van der Waals surface area contributed by atoms with Gasteiger partial charge < -0.3 is 5.32 Å². The Hall–Kier alpha value is -1.06. The van der Waals surface area contributed by atoms with Crippen molar-refractivity contribution in [3.8, 4) is 0 Å². The molecule has 0 bridgehead atoms. The van der Waals surface area contributed by atoms with Crippen LogP contribution in [-0.4, -0.2) is 16.4 Å². The fraction of sp³-hybridized carbons (Fsp3) is 0.300. The number of hydrogen-bond acceptors (Lipinski definition) is 2. The van der Waals surface area contributed by atoms with Crippen LogP contribution in [0.1, 0.15) is 11.5 Å². The molecule has 4 heteroatoms. The summed E-state index contributed by atoms with van der Waals surface area (Å²) >= 11 is 6.11. The van der Waals surface area contributed by atoms with Crippen molar-refractivity contribution in [2.24, 2.45) is 0 Å². The van der Waals surface area contributed by atoms with Crippen LogP contribution >= 0.6 is 11.6 Å². The molecule has 2 aromatic rings. The number of nitrogens with zero attached hydrogens (tertiary/aromatic N) is 2. The lowest BCUT2D eigenvalue weighted by Crippen LogP contribution is -2.09. The maximum absolute atomic E-state index is 6.11. The van der Waals surface area contributed by atoms with Gasteiger partial charge in [-0.1, -0.05) is 17.7 Å². The third-order valence-corrected chi connectivity index (χ3v) is 2.50. The molecular formula is C10H12ClN3. The number of hydrogen-bond donors (Lipinski definition) is 1. The summed E-state index contributed by atoms with van der Waals surface area (Å²) in [6.45, 7) is 2.71. The second kappa shape index (κ2) is 3.59. The van der Waals surface area contributed by atoms with E-state index >= 15 is 0 Å². The van der Waals surface area contributed by atoms with Crippen LogP contribution in [0.3, 0.4) is 0 Å². The molecule has 1 N–H and O–H groups in total. The van der Waals surface area contributed by atoms with Crippen LogP contribution in [0.15, 0.2) is 18.2 Å². The summed E-state index contributed by atoms with van der Waals surface area (Å²) in [7, 11) is 1.90. The SMILES string of the molecule is CNCc1nc(C)c2cccc(Cl)n12. The van der Waals surface area contributed by atoms with Crippen molar-refractivity contribution in [3.05, 3.63) is 34.9 Å². The first-order valence-electron chi connectivity index (χ1n) is 4.51. The lowest BCUT2D eigenvalue weighted by atomic mass is 10.3. The second-order valence-electron chi connectivity index (χ2n) is 3.21. The normalized spacial score (nSPS) is 11.1. The molecule has 0 aromatic carbocycles. The molecule has 0 aliphatic heterocycles. The molecule has 3 nitrogen and oxygen atoms in total. The largest absolute Gasteiger partial charge is 0.313 e. The van der Waals surface area contributed by atoms with Gasteiger partial charge in [0.15, 0.2) is 0 Å². The van der Waals surface area contributed by atoms with E-state index in [-0.39, 0.29) is 0 Å². The van der Waals surface area contributed by atoms with Crippen molar-refractivity contribution in [1.82, 2.24) is 14.7 Å². The van der Waals surface area contributed by atoms with Gasteiger partial charge in [-0.2, -0.15) is 0 Å². The molecule has 0 amide bonds. The lowest BCUT2D eigenvalue weighted by molar-refractivity contribution is 0.754. The minimum atomic E-state index is 0.702. The summed E-state index contributed by atoms with van der Waals surface area (Å²) in [6.07, 6.45) is 0. The number of nitrogens with one attached hydrogen (secondary N) is 1. The van der Waals surface area contributed by atoms with Gasteiger partial charge in [0.2, 0.25) is 0 Å². The molecule has 0 fully saturated rings. The molecule has 0 aliphatic carbocycles. The van der Waals surface area contributed by atoms with Gasteiger partial charge >= 0.3 is 0 Å². The maximum atomic E-state index is 6.11. The first-order valence-corrected chi connectivity index (χ1v) is 4.89. The van der Waals surface area contributed by atoms with Gasteiger partial charge in [0.1, 0.15) is 11.0 Å². The fourth-order valence-corrected chi connectivity index (χ4v) is 1.87. The van der Waals surface area contributed by atoms with Crippen molar-refractivity contribution in [3.63, 3.8) is 0 Å². The summed E-state index contributed by atoms with van der Waals surface area (Å²) in [5, 5.41) is 3.78. The molecule has 0 saturated carbocycles. The van der Waals surface area contributed by atoms with Gasteiger partial charge in [0, 0.05) is 0 Å². The Balaban J connectivity index is 2.72. The first-order chi connectivity index (χ1) is 6.74. The average molecular weight is 210 g/mol. The molecular weight excluding hydrogens is 198 g/mol. The molecule has 0 unspecified atom stereocenters. The standard InChI is InChI=1S/C10H12ClN3/c1-7-8-4-3-5-9(11)14(8)10(13-7)6-12-2/h3-5,12H,6H2,1-2H3. The van der Waals surface area contributed by atoms with Crippen molar-refractivity contribution < 1.29 is 0 Å². The predicted octanol–water partition coefficient (Wildman–Crippen LogP) is 2.02. The van der Waals surface area contributed by atoms with Gasteiger partial charge in [0.05, 0.1) is 17.8 Å². The van der Waals surface area contributed by atoms with E-state index in [0.717, 1.165) is 23.6 Å². The molecule has 74 valence electrons. The van der Waals surface area contributed by atoms with Gasteiger partial charge in [-0.25, -0.2) is 4.98 Å². The minimum Gasteiger partial charge on any atom is -0.313 e. The van der Waals surface area contributed by atoms with Crippen molar-refractivity contribution in [2.45, 2.75) is 13.5 Å². The molecule has 0 atom stereocenters. The number of imidazole rings is 1. The van der Waals surface area contributed by atoms with E-state index in [2.05, 4.69) is 10.3 Å². The summed E-state index contributed by atoms with van der Waals surface area (Å²) in [6, 6.07) is 5.83. The zero-order chi connectivity index (χ0) is 10.1. The quantitative estimate of drug-likeness (QED) is 0.767. The topological polar surface area (TPSA) is 29.3 Å². The van der Waals surface area contributed by atoms with Gasteiger partial charge in [-0.05, 0) is 26.1 Å². The fourth-order valence-electron chi connectivity index (χ4n) is 1.61. The van der Waals surface area contributed by atoms with E-state index in [1.807, 2.05) is 36.6 Å². The molecule has 2 rings (SSSR count). The Morgan fingerprint density at radius 2 is 2.29 bits per heavy atom. The van der Waals surface area contributed by atoms with Crippen LogP contribution < -0.4 is 5.32 Å². The highest BCUT2D eigenvalue weighted by molar-refractivity contribution is 6.29. The van der Waals surface area contributed by atoms with Gasteiger partial charge in [-0.3, -0.25) is 4.40 Å². The lowest BCUT2D eigenvalue weighted by Gasteiger charge is -2.02. The number of fused-ring (bicyclic) bond motifs is 1. The van der Waals surface area contributed by atoms with Crippen LogP contribution in [-0.2, 0) is 6.54 Å². The van der Waals surface area contributed by atoms with Crippen LogP contribution in [0.4, 0.5) is 0 Å². The van der Waals surface area contributed by atoms with Crippen molar-refractivity contribution >= 4 is 17.1 Å². The van der Waals surface area contributed by atoms with E-state index < -0.39 is 0 Å². The molecule has 0 saturated heterocycles. The molecule has 0 aliphatic rings. The Morgan fingerprint density at radius 3 is 3.00 bits per heavy atom. The van der Waals surface area contributed by atoms with Gasteiger partial charge in [0.25, 0.3) is 0 Å². The van der Waals surface area contributed by atoms with Gasteiger partial charge in [-0.15, -0.1) is 0 Å². The highest BCUT2D eigenvalue weighted by atomic mass is 35.5. The Morgan fingerprint density at radius 1 is 1.50 bits per heavy atom. The molecule has 2 heterocycles. The van der Waals surface area contributed by atoms with E-state index in [4.69, 9.17) is 11.6 Å². The summed E-state index contributed by atoms with van der Waals surface area (Å²) < 4.78 is 1.97. The highest BCUT2D eigenvalue weighted by Gasteiger charge is 2.08. The number of aromatic nitrogens is 2. The first kappa shape index (κ1) is 9.49. The predicted molar refractivity (Wildman–Crippen MR) is 57.7 cm³/mol. The number of aryl methyl sites for hydroxylation is 1. The Labute approximate surface area is 87.7 Å². The van der Waals surface area contributed by atoms with Crippen molar-refractivity contribution in [2.75, 3.05) is 7.05 Å². The molecule has 0 spiro atoms. The third-order valence-electron chi connectivity index (χ3n) is 2.20. The zero-order valence-electron chi connectivity index (χ0n) is 8.21. The second-order valence-corrected chi connectivity index (χ2v) is 3.60. The van der Waals surface area contributed by atoms with E-state index in [0.29, 0.717) is 5.15 Å². The van der Waals surface area contributed by atoms with Crippen LogP contribution in [0.2, 0.25) is 5.15 Å². The average Bonchev–Trinajstić information content (AvgIpc) is 2.46. The number of halogens is 1. The molecule has 2 aromatic heterocycles. The Bertz CT molecular complexity index is 462. The molecule has 14 heavy (non-hydrogen) atoms. The zero-order valence-corrected chi connectivity index (χ0v) is 8.97. The van der Waals surface area contributed by atoms with Crippen LogP contribution in [0, 0.1) is 6.92 Å². The number of rotatable bonds is 2. The van der Waals surface area contributed by atoms with E-state index in [9.17, 15) is 0 Å². The minimum absolute atomic E-state index is 0.702. The monoisotopic (exact) mass is 209 g/mol. The highest BCUT2D eigenvalue weighted by Crippen LogP contribution is 2.18. The summed E-state index contributed by atoms with van der Waals surface area (Å²) in [4.78, 5) is 4.46. The smallest absolute Gasteiger partial charge is 0.128 e. The van der Waals surface area contributed by atoms with Crippen LogP contribution in [0.25, 0.3) is 5.52 Å². The Kier molecular flexibility index (Phi) is 2.44. The van der Waals surface area contributed by atoms with E-state index in [1.165, 1.54) is 0 Å².